The molecule has 2 aliphatic heterocycles. The highest BCUT2D eigenvalue weighted by atomic mass is 16.5. The quantitative estimate of drug-likeness (QED) is 0.348. The number of hydrogen-bond acceptors (Lipinski definition) is 8. The summed E-state index contributed by atoms with van der Waals surface area (Å²) >= 11 is 0. The van der Waals surface area contributed by atoms with Crippen molar-refractivity contribution < 1.29 is 14.3 Å². The van der Waals surface area contributed by atoms with Gasteiger partial charge in [0.15, 0.2) is 5.78 Å². The molecule has 2 aliphatic rings. The first kappa shape index (κ1) is 25.4. The van der Waals surface area contributed by atoms with Crippen molar-refractivity contribution in [1.29, 1.82) is 0 Å². The van der Waals surface area contributed by atoms with Gasteiger partial charge in [-0.25, -0.2) is 9.97 Å². The predicted molar refractivity (Wildman–Crippen MR) is 146 cm³/mol. The monoisotopic (exact) mass is 528 g/mol. The second kappa shape index (κ2) is 10.7. The fraction of sp³-hybridized carbons (Fsp3) is 0.379. The SMILES string of the molecule is CC(C)Oc1ccc(C(=O)Cn2ccnc2)cc1-n1c(CN2C3CNCC2COC3)nc2ccccc2c1=O. The molecule has 0 saturated carbocycles. The largest absolute Gasteiger partial charge is 0.489 e. The van der Waals surface area contributed by atoms with Crippen molar-refractivity contribution in [2.75, 3.05) is 26.3 Å². The van der Waals surface area contributed by atoms with Crippen molar-refractivity contribution in [3.63, 3.8) is 0 Å². The number of aromatic nitrogens is 4. The molecule has 2 atom stereocenters. The summed E-state index contributed by atoms with van der Waals surface area (Å²) in [5.74, 6) is 1.03. The molecule has 0 spiro atoms. The average molecular weight is 529 g/mol. The van der Waals surface area contributed by atoms with Gasteiger partial charge < -0.3 is 19.4 Å². The number of morpholine rings is 1. The Hall–Kier alpha value is -3.86. The summed E-state index contributed by atoms with van der Waals surface area (Å²) in [5, 5.41) is 3.99. The van der Waals surface area contributed by atoms with Crippen molar-refractivity contribution >= 4 is 16.7 Å². The molecule has 0 radical (unpaired) electrons. The number of fused-ring (bicyclic) bond motifs is 3. The molecule has 10 heteroatoms. The Labute approximate surface area is 226 Å². The number of rotatable bonds is 8. The lowest BCUT2D eigenvalue weighted by Gasteiger charge is -2.45. The second-order valence-corrected chi connectivity index (χ2v) is 10.4. The fourth-order valence-electron chi connectivity index (χ4n) is 5.41. The van der Waals surface area contributed by atoms with Gasteiger partial charge in [0.25, 0.3) is 5.56 Å². The number of piperazine rings is 1. The third-order valence-electron chi connectivity index (χ3n) is 7.26. The van der Waals surface area contributed by atoms with Crippen LogP contribution in [-0.2, 0) is 17.8 Å². The van der Waals surface area contributed by atoms with Crippen molar-refractivity contribution in [2.24, 2.45) is 0 Å². The van der Waals surface area contributed by atoms with Gasteiger partial charge in [-0.15, -0.1) is 0 Å². The molecule has 4 heterocycles. The van der Waals surface area contributed by atoms with Gasteiger partial charge in [0.2, 0.25) is 0 Å². The lowest BCUT2D eigenvalue weighted by molar-refractivity contribution is -0.0701. The second-order valence-electron chi connectivity index (χ2n) is 10.4. The lowest BCUT2D eigenvalue weighted by atomic mass is 10.1. The molecular weight excluding hydrogens is 496 g/mol. The Morgan fingerprint density at radius 3 is 2.69 bits per heavy atom. The third-order valence-corrected chi connectivity index (χ3v) is 7.26. The minimum Gasteiger partial charge on any atom is -0.489 e. The van der Waals surface area contributed by atoms with E-state index in [0.29, 0.717) is 53.5 Å². The van der Waals surface area contributed by atoms with E-state index in [0.717, 1.165) is 13.1 Å². The Kier molecular flexibility index (Phi) is 6.99. The van der Waals surface area contributed by atoms with E-state index in [1.165, 1.54) is 0 Å². The van der Waals surface area contributed by atoms with Gasteiger partial charge in [0.05, 0.1) is 55.3 Å². The molecule has 2 aromatic heterocycles. The molecule has 6 rings (SSSR count). The van der Waals surface area contributed by atoms with E-state index < -0.39 is 0 Å². The summed E-state index contributed by atoms with van der Waals surface area (Å²) in [6.45, 7) is 7.36. The minimum atomic E-state index is -0.194. The number of carbonyl (C=O) groups is 1. The van der Waals surface area contributed by atoms with Crippen LogP contribution >= 0.6 is 0 Å². The number of carbonyl (C=O) groups excluding carboxylic acids is 1. The number of hydrogen-bond donors (Lipinski definition) is 1. The van der Waals surface area contributed by atoms with Crippen LogP contribution in [0.4, 0.5) is 0 Å². The number of ether oxygens (including phenoxy) is 2. The Balaban J connectivity index is 1.50. The van der Waals surface area contributed by atoms with Crippen molar-refractivity contribution in [2.45, 2.75) is 45.1 Å². The molecule has 202 valence electrons. The molecule has 4 aromatic rings. The van der Waals surface area contributed by atoms with Gasteiger partial charge in [-0.05, 0) is 44.2 Å². The van der Waals surface area contributed by atoms with E-state index in [-0.39, 0.29) is 36.1 Å². The van der Waals surface area contributed by atoms with Crippen LogP contribution in [0, 0.1) is 0 Å². The van der Waals surface area contributed by atoms with Gasteiger partial charge >= 0.3 is 0 Å². The normalized spacial score (nSPS) is 19.5. The number of Topliss-reactive ketones (excluding diaryl/α,β-unsaturated/α-hetero) is 1. The Bertz CT molecular complexity index is 1530. The van der Waals surface area contributed by atoms with Crippen LogP contribution < -0.4 is 15.6 Å². The van der Waals surface area contributed by atoms with Gasteiger partial charge in [-0.3, -0.25) is 19.1 Å². The van der Waals surface area contributed by atoms with E-state index in [1.54, 1.807) is 52.1 Å². The first-order valence-electron chi connectivity index (χ1n) is 13.3. The Morgan fingerprint density at radius 1 is 1.15 bits per heavy atom. The molecule has 2 unspecified atom stereocenters. The number of nitrogens with zero attached hydrogens (tertiary/aromatic N) is 5. The standard InChI is InChI=1S/C29H32N6O4/c1-19(2)39-27-8-7-20(26(36)14-33-10-9-30-18-33)11-25(27)35-28(32-24-6-4-3-5-23(24)29(35)37)15-34-21-12-31-13-22(34)17-38-16-21/h3-11,18-19,21-22,31H,12-17H2,1-2H3. The molecule has 39 heavy (non-hydrogen) atoms. The molecule has 10 nitrogen and oxygen atoms in total. The van der Waals surface area contributed by atoms with E-state index in [4.69, 9.17) is 14.5 Å². The van der Waals surface area contributed by atoms with E-state index in [2.05, 4.69) is 15.2 Å². The molecule has 2 bridgehead atoms. The zero-order valence-corrected chi connectivity index (χ0v) is 22.1. The number of nitrogens with one attached hydrogen (secondary N) is 1. The predicted octanol–water partition coefficient (Wildman–Crippen LogP) is 2.42. The van der Waals surface area contributed by atoms with E-state index >= 15 is 0 Å². The third kappa shape index (κ3) is 5.10. The van der Waals surface area contributed by atoms with Crippen LogP contribution in [0.2, 0.25) is 0 Å². The van der Waals surface area contributed by atoms with Crippen LogP contribution in [0.25, 0.3) is 16.6 Å². The van der Waals surface area contributed by atoms with Crippen LogP contribution in [-0.4, -0.2) is 74.3 Å². The molecule has 0 aliphatic carbocycles. The maximum atomic E-state index is 14.1. The zero-order chi connectivity index (χ0) is 26.9. The summed E-state index contributed by atoms with van der Waals surface area (Å²) in [5.41, 5.74) is 1.44. The average Bonchev–Trinajstić information content (AvgIpc) is 3.42. The van der Waals surface area contributed by atoms with E-state index in [9.17, 15) is 9.59 Å². The van der Waals surface area contributed by atoms with Crippen molar-refractivity contribution in [3.05, 3.63) is 82.9 Å². The molecule has 2 saturated heterocycles. The number of imidazole rings is 1. The Morgan fingerprint density at radius 2 is 1.95 bits per heavy atom. The van der Waals surface area contributed by atoms with Crippen LogP contribution in [0.3, 0.4) is 0 Å². The number of para-hydroxylation sites is 1. The first-order chi connectivity index (χ1) is 19.0. The van der Waals surface area contributed by atoms with Crippen molar-refractivity contribution in [1.82, 2.24) is 29.3 Å². The summed E-state index contributed by atoms with van der Waals surface area (Å²) in [6.07, 6.45) is 4.87. The molecule has 1 N–H and O–H groups in total. The van der Waals surface area contributed by atoms with Crippen LogP contribution in [0.1, 0.15) is 30.0 Å². The van der Waals surface area contributed by atoms with Crippen LogP contribution in [0.5, 0.6) is 5.75 Å². The maximum Gasteiger partial charge on any atom is 0.266 e. The summed E-state index contributed by atoms with van der Waals surface area (Å²) in [4.78, 5) is 38.8. The smallest absolute Gasteiger partial charge is 0.266 e. The highest BCUT2D eigenvalue weighted by Gasteiger charge is 2.35. The molecule has 2 fully saturated rings. The molecule has 0 amide bonds. The lowest BCUT2D eigenvalue weighted by Crippen LogP contribution is -2.63. The highest BCUT2D eigenvalue weighted by molar-refractivity contribution is 5.96. The van der Waals surface area contributed by atoms with Gasteiger partial charge in [-0.1, -0.05) is 12.1 Å². The molecule has 2 aromatic carbocycles. The number of ketones is 1. The van der Waals surface area contributed by atoms with Gasteiger partial charge in [-0.2, -0.15) is 0 Å². The summed E-state index contributed by atoms with van der Waals surface area (Å²) < 4.78 is 15.4. The van der Waals surface area contributed by atoms with Gasteiger partial charge in [0, 0.05) is 43.1 Å². The maximum absolute atomic E-state index is 14.1. The fourth-order valence-corrected chi connectivity index (χ4v) is 5.41. The van der Waals surface area contributed by atoms with Gasteiger partial charge in [0.1, 0.15) is 11.6 Å². The minimum absolute atomic E-state index is 0.0949. The topological polar surface area (TPSA) is 104 Å². The molecular formula is C29H32N6O4. The van der Waals surface area contributed by atoms with E-state index in [1.807, 2.05) is 32.0 Å². The first-order valence-corrected chi connectivity index (χ1v) is 13.3. The summed E-state index contributed by atoms with van der Waals surface area (Å²) in [7, 11) is 0. The summed E-state index contributed by atoms with van der Waals surface area (Å²) in [6, 6.07) is 13.0. The zero-order valence-electron chi connectivity index (χ0n) is 22.1. The number of benzene rings is 2. The van der Waals surface area contributed by atoms with Crippen molar-refractivity contribution in [3.8, 4) is 11.4 Å². The highest BCUT2D eigenvalue weighted by Crippen LogP contribution is 2.28. The van der Waals surface area contributed by atoms with Crippen LogP contribution in [0.15, 0.2) is 66.0 Å².